The van der Waals surface area contributed by atoms with Gasteiger partial charge in [0, 0.05) is 6.54 Å². The Labute approximate surface area is 105 Å². The van der Waals surface area contributed by atoms with Gasteiger partial charge in [0.1, 0.15) is 11.4 Å². The summed E-state index contributed by atoms with van der Waals surface area (Å²) in [4.78, 5) is 26.3. The molecule has 0 aromatic carbocycles. The number of nitrogens with one attached hydrogen (secondary N) is 1. The molecule has 1 saturated carbocycles. The maximum atomic E-state index is 11.8. The van der Waals surface area contributed by atoms with Gasteiger partial charge >= 0.3 is 5.97 Å². The fraction of sp³-hybridized carbons (Fsp3) is 0.462. The van der Waals surface area contributed by atoms with Crippen LogP contribution in [0.15, 0.2) is 18.2 Å². The summed E-state index contributed by atoms with van der Waals surface area (Å²) in [5.41, 5.74) is 0.427. The van der Waals surface area contributed by atoms with E-state index >= 15 is 0 Å². The van der Waals surface area contributed by atoms with Crippen molar-refractivity contribution < 1.29 is 14.7 Å². The summed E-state index contributed by atoms with van der Waals surface area (Å²) in [5, 5.41) is 11.6. The lowest BCUT2D eigenvalue weighted by atomic mass is 10.1. The Morgan fingerprint density at radius 1 is 1.39 bits per heavy atom. The van der Waals surface area contributed by atoms with Crippen LogP contribution in [0.25, 0.3) is 0 Å². The van der Waals surface area contributed by atoms with Gasteiger partial charge in [-0.15, -0.1) is 0 Å². The van der Waals surface area contributed by atoms with Gasteiger partial charge in [0.25, 0.3) is 5.91 Å². The summed E-state index contributed by atoms with van der Waals surface area (Å²) in [6.45, 7) is 2.80. The van der Waals surface area contributed by atoms with Crippen LogP contribution in [-0.4, -0.2) is 28.5 Å². The molecule has 0 spiro atoms. The quantitative estimate of drug-likeness (QED) is 0.831. The summed E-state index contributed by atoms with van der Waals surface area (Å²) < 4.78 is 0. The first-order chi connectivity index (χ1) is 8.50. The lowest BCUT2D eigenvalue weighted by Gasteiger charge is -2.09. The predicted molar refractivity (Wildman–Crippen MR) is 65.5 cm³/mol. The fourth-order valence-electron chi connectivity index (χ4n) is 1.71. The molecule has 1 fully saturated rings. The first-order valence-corrected chi connectivity index (χ1v) is 5.99. The van der Waals surface area contributed by atoms with Gasteiger partial charge in [-0.2, -0.15) is 0 Å². The van der Waals surface area contributed by atoms with Crippen LogP contribution in [0.4, 0.5) is 0 Å². The molecule has 1 aromatic heterocycles. The van der Waals surface area contributed by atoms with E-state index in [1.165, 1.54) is 31.0 Å². The summed E-state index contributed by atoms with van der Waals surface area (Å²) in [6.07, 6.45) is 3.39. The van der Waals surface area contributed by atoms with Gasteiger partial charge in [0.15, 0.2) is 0 Å². The van der Waals surface area contributed by atoms with E-state index in [4.69, 9.17) is 5.11 Å². The largest absolute Gasteiger partial charge is 0.477 e. The summed E-state index contributed by atoms with van der Waals surface area (Å²) >= 11 is 0. The standard InChI is InChI=1S/C13H16N2O3/c1-13(5-6-13)7-8-14-11(16)9-3-2-4-10(15-9)12(17)18/h2-4H,5-8H2,1H3,(H,14,16)(H,17,18). The predicted octanol–water partition coefficient (Wildman–Crippen LogP) is 1.70. The number of aromatic carboxylic acids is 1. The molecule has 2 rings (SSSR count). The van der Waals surface area contributed by atoms with Crippen molar-refractivity contribution in [1.82, 2.24) is 10.3 Å². The number of carbonyl (C=O) groups excluding carboxylic acids is 1. The van der Waals surface area contributed by atoms with E-state index in [1.54, 1.807) is 0 Å². The SMILES string of the molecule is CC1(CCNC(=O)c2cccc(C(=O)O)n2)CC1. The van der Waals surface area contributed by atoms with Gasteiger partial charge in [-0.05, 0) is 36.8 Å². The van der Waals surface area contributed by atoms with Crippen molar-refractivity contribution in [2.45, 2.75) is 26.2 Å². The van der Waals surface area contributed by atoms with Crippen LogP contribution in [0.5, 0.6) is 0 Å². The third-order valence-electron chi connectivity index (χ3n) is 3.32. The van der Waals surface area contributed by atoms with E-state index in [2.05, 4.69) is 17.2 Å². The topological polar surface area (TPSA) is 79.3 Å². The Hall–Kier alpha value is -1.91. The van der Waals surface area contributed by atoms with Crippen LogP contribution in [0.2, 0.25) is 0 Å². The van der Waals surface area contributed by atoms with Crippen LogP contribution >= 0.6 is 0 Å². The average Bonchev–Trinajstić information content (AvgIpc) is 3.07. The smallest absolute Gasteiger partial charge is 0.354 e. The first kappa shape index (κ1) is 12.5. The summed E-state index contributed by atoms with van der Waals surface area (Å²) in [5.74, 6) is -1.45. The highest BCUT2D eigenvalue weighted by atomic mass is 16.4. The minimum absolute atomic E-state index is 0.114. The zero-order valence-corrected chi connectivity index (χ0v) is 10.3. The lowest BCUT2D eigenvalue weighted by Crippen LogP contribution is -2.27. The van der Waals surface area contributed by atoms with Crippen molar-refractivity contribution in [2.75, 3.05) is 6.54 Å². The van der Waals surface area contributed by atoms with Crippen LogP contribution in [0.1, 0.15) is 47.2 Å². The van der Waals surface area contributed by atoms with Gasteiger partial charge in [0.05, 0.1) is 0 Å². The molecule has 5 nitrogen and oxygen atoms in total. The van der Waals surface area contributed by atoms with E-state index in [1.807, 2.05) is 0 Å². The molecule has 18 heavy (non-hydrogen) atoms. The molecule has 2 N–H and O–H groups in total. The van der Waals surface area contributed by atoms with Crippen LogP contribution in [-0.2, 0) is 0 Å². The number of amides is 1. The molecule has 0 saturated heterocycles. The number of nitrogens with zero attached hydrogens (tertiary/aromatic N) is 1. The van der Waals surface area contributed by atoms with Gasteiger partial charge in [0.2, 0.25) is 0 Å². The minimum Gasteiger partial charge on any atom is -0.477 e. The molecule has 0 aliphatic heterocycles. The third kappa shape index (κ3) is 3.06. The van der Waals surface area contributed by atoms with Crippen molar-refractivity contribution in [1.29, 1.82) is 0 Å². The number of hydrogen-bond acceptors (Lipinski definition) is 3. The molecule has 5 heteroatoms. The zero-order chi connectivity index (χ0) is 13.2. The van der Waals surface area contributed by atoms with Crippen molar-refractivity contribution >= 4 is 11.9 Å². The molecule has 1 amide bonds. The van der Waals surface area contributed by atoms with Crippen LogP contribution in [0.3, 0.4) is 0 Å². The molecule has 1 aliphatic rings. The molecule has 96 valence electrons. The third-order valence-corrected chi connectivity index (χ3v) is 3.32. The normalized spacial score (nSPS) is 16.1. The highest BCUT2D eigenvalue weighted by molar-refractivity contribution is 5.94. The molecule has 0 atom stereocenters. The monoisotopic (exact) mass is 248 g/mol. The number of rotatable bonds is 5. The number of carbonyl (C=O) groups is 2. The van der Waals surface area contributed by atoms with Crippen LogP contribution in [0, 0.1) is 5.41 Å². The summed E-state index contributed by atoms with van der Waals surface area (Å²) in [6, 6.07) is 4.40. The number of aromatic nitrogens is 1. The van der Waals surface area contributed by atoms with E-state index < -0.39 is 5.97 Å². The Bertz CT molecular complexity index is 481. The second kappa shape index (κ2) is 4.76. The Balaban J connectivity index is 1.91. The van der Waals surface area contributed by atoms with Crippen molar-refractivity contribution in [3.63, 3.8) is 0 Å². The minimum atomic E-state index is -1.13. The molecule has 0 unspecified atom stereocenters. The van der Waals surface area contributed by atoms with Gasteiger partial charge in [-0.3, -0.25) is 4.79 Å². The number of hydrogen-bond donors (Lipinski definition) is 2. The van der Waals surface area contributed by atoms with Crippen molar-refractivity contribution in [2.24, 2.45) is 5.41 Å². The van der Waals surface area contributed by atoms with Gasteiger partial charge in [-0.1, -0.05) is 13.0 Å². The molecule has 0 bridgehead atoms. The van der Waals surface area contributed by atoms with Gasteiger partial charge in [-0.25, -0.2) is 9.78 Å². The Morgan fingerprint density at radius 3 is 2.67 bits per heavy atom. The Morgan fingerprint density at radius 2 is 2.06 bits per heavy atom. The van der Waals surface area contributed by atoms with Crippen LogP contribution < -0.4 is 5.32 Å². The maximum Gasteiger partial charge on any atom is 0.354 e. The number of pyridine rings is 1. The molecule has 1 aromatic rings. The highest BCUT2D eigenvalue weighted by Gasteiger charge is 2.36. The molecule has 0 radical (unpaired) electrons. The van der Waals surface area contributed by atoms with E-state index in [0.29, 0.717) is 12.0 Å². The summed E-state index contributed by atoms with van der Waals surface area (Å²) in [7, 11) is 0. The Kier molecular flexibility index (Phi) is 3.32. The second-order valence-corrected chi connectivity index (χ2v) is 5.03. The lowest BCUT2D eigenvalue weighted by molar-refractivity contribution is 0.0690. The molecule has 1 aliphatic carbocycles. The van der Waals surface area contributed by atoms with Crippen molar-refractivity contribution in [3.05, 3.63) is 29.6 Å². The highest BCUT2D eigenvalue weighted by Crippen LogP contribution is 2.47. The van der Waals surface area contributed by atoms with Gasteiger partial charge < -0.3 is 10.4 Å². The van der Waals surface area contributed by atoms with E-state index in [9.17, 15) is 9.59 Å². The van der Waals surface area contributed by atoms with Crippen molar-refractivity contribution in [3.8, 4) is 0 Å². The first-order valence-electron chi connectivity index (χ1n) is 5.99. The average molecular weight is 248 g/mol. The maximum absolute atomic E-state index is 11.8. The van der Waals surface area contributed by atoms with E-state index in [0.717, 1.165) is 6.42 Å². The fourth-order valence-corrected chi connectivity index (χ4v) is 1.71. The second-order valence-electron chi connectivity index (χ2n) is 5.03. The molecule has 1 heterocycles. The number of carboxylic acids is 1. The van der Waals surface area contributed by atoms with E-state index in [-0.39, 0.29) is 17.3 Å². The molecular weight excluding hydrogens is 232 g/mol. The molecular formula is C13H16N2O3. The zero-order valence-electron chi connectivity index (χ0n) is 10.3. The number of carboxylic acid groups (broad SMARTS) is 1.